The van der Waals surface area contributed by atoms with Crippen molar-refractivity contribution in [2.45, 2.75) is 55.6 Å². The smallest absolute Gasteiger partial charge is 0.288 e. The largest absolute Gasteiger partial charge is 0.497 e. The SMILES string of the molecule is COc1ccc(S(=O)(=O)N(CCO)CCOC2CC(c3coc4ccccc4c3=O)C=C(C(=O)N3CCCCCCC3)O2)cc1. The second-order valence-electron chi connectivity index (χ2n) is 11.2. The van der Waals surface area contributed by atoms with Crippen molar-refractivity contribution in [3.05, 3.63) is 82.4 Å². The third kappa shape index (κ3) is 7.75. The molecule has 2 aliphatic heterocycles. The zero-order valence-electron chi connectivity index (χ0n) is 25.4. The summed E-state index contributed by atoms with van der Waals surface area (Å²) in [5.41, 5.74) is 0.651. The first kappa shape index (κ1) is 32.7. The molecule has 1 fully saturated rings. The second-order valence-corrected chi connectivity index (χ2v) is 13.1. The summed E-state index contributed by atoms with van der Waals surface area (Å²) in [5, 5.41) is 10.1. The van der Waals surface area contributed by atoms with Crippen molar-refractivity contribution in [3.8, 4) is 5.75 Å². The summed E-state index contributed by atoms with van der Waals surface area (Å²) in [6.45, 7) is 0.566. The Morgan fingerprint density at radius 2 is 1.73 bits per heavy atom. The molecule has 1 saturated heterocycles. The highest BCUT2D eigenvalue weighted by molar-refractivity contribution is 7.89. The average Bonchev–Trinajstić information content (AvgIpc) is 3.04. The van der Waals surface area contributed by atoms with Crippen molar-refractivity contribution in [2.75, 3.05) is 46.5 Å². The van der Waals surface area contributed by atoms with E-state index in [1.54, 1.807) is 47.4 Å². The molecule has 2 unspecified atom stereocenters. The molecule has 2 aliphatic rings. The topological polar surface area (TPSA) is 136 Å². The van der Waals surface area contributed by atoms with Crippen molar-refractivity contribution in [1.29, 1.82) is 0 Å². The van der Waals surface area contributed by atoms with Crippen molar-refractivity contribution in [2.24, 2.45) is 0 Å². The summed E-state index contributed by atoms with van der Waals surface area (Å²) in [6.07, 6.45) is 7.45. The number of aliphatic hydroxyl groups excluding tert-OH is 1. The van der Waals surface area contributed by atoms with Crippen LogP contribution in [0.25, 0.3) is 11.0 Å². The maximum atomic E-state index is 13.7. The highest BCUT2D eigenvalue weighted by atomic mass is 32.2. The molecule has 0 spiro atoms. The van der Waals surface area contributed by atoms with Gasteiger partial charge in [0.05, 0.1) is 36.9 Å². The molecule has 2 atom stereocenters. The van der Waals surface area contributed by atoms with Crippen LogP contribution in [0.5, 0.6) is 5.75 Å². The summed E-state index contributed by atoms with van der Waals surface area (Å²) in [4.78, 5) is 29.0. The first-order chi connectivity index (χ1) is 21.8. The molecule has 12 heteroatoms. The predicted octanol–water partition coefficient (Wildman–Crippen LogP) is 4.01. The number of nitrogens with zero attached hydrogens (tertiary/aromatic N) is 2. The molecule has 0 aliphatic carbocycles. The Balaban J connectivity index is 1.36. The van der Waals surface area contributed by atoms with Crippen molar-refractivity contribution in [1.82, 2.24) is 9.21 Å². The van der Waals surface area contributed by atoms with Gasteiger partial charge in [0.25, 0.3) is 5.91 Å². The van der Waals surface area contributed by atoms with Gasteiger partial charge in [0.15, 0.2) is 11.2 Å². The molecule has 5 rings (SSSR count). The van der Waals surface area contributed by atoms with E-state index in [1.807, 2.05) is 0 Å². The molecule has 3 aromatic rings. The number of rotatable bonds is 11. The van der Waals surface area contributed by atoms with Gasteiger partial charge in [-0.25, -0.2) is 8.42 Å². The number of methoxy groups -OCH3 is 1. The molecule has 45 heavy (non-hydrogen) atoms. The van der Waals surface area contributed by atoms with Gasteiger partial charge in [0.1, 0.15) is 11.3 Å². The van der Waals surface area contributed by atoms with Crippen LogP contribution in [0.15, 0.2) is 80.7 Å². The molecule has 0 radical (unpaired) electrons. The van der Waals surface area contributed by atoms with Gasteiger partial charge < -0.3 is 28.6 Å². The van der Waals surface area contributed by atoms with Crippen LogP contribution in [0.4, 0.5) is 0 Å². The molecule has 0 saturated carbocycles. The van der Waals surface area contributed by atoms with Crippen LogP contribution in [0, 0.1) is 0 Å². The number of hydrogen-bond donors (Lipinski definition) is 1. The first-order valence-electron chi connectivity index (χ1n) is 15.4. The van der Waals surface area contributed by atoms with E-state index in [2.05, 4.69) is 0 Å². The lowest BCUT2D eigenvalue weighted by atomic mass is 9.93. The lowest BCUT2D eigenvalue weighted by molar-refractivity contribution is -0.153. The summed E-state index contributed by atoms with van der Waals surface area (Å²) in [6, 6.07) is 13.0. The number of likely N-dealkylation sites (tertiary alicyclic amines) is 1. The fourth-order valence-corrected chi connectivity index (χ4v) is 7.14. The van der Waals surface area contributed by atoms with Gasteiger partial charge in [0, 0.05) is 44.1 Å². The molecule has 3 heterocycles. The minimum absolute atomic E-state index is 0.0535. The third-order valence-electron chi connectivity index (χ3n) is 8.21. The molecule has 0 bridgehead atoms. The van der Waals surface area contributed by atoms with Gasteiger partial charge in [-0.2, -0.15) is 4.31 Å². The van der Waals surface area contributed by atoms with Crippen molar-refractivity contribution >= 4 is 26.9 Å². The number of carbonyl (C=O) groups is 1. The Hall–Kier alpha value is -3.71. The normalized spacial score (nSPS) is 19.4. The molecule has 11 nitrogen and oxygen atoms in total. The Kier molecular flexibility index (Phi) is 10.9. The first-order valence-corrected chi connectivity index (χ1v) is 16.8. The Morgan fingerprint density at radius 3 is 2.44 bits per heavy atom. The second kappa shape index (κ2) is 15.0. The Labute approximate surface area is 263 Å². The highest BCUT2D eigenvalue weighted by Gasteiger charge is 2.33. The van der Waals surface area contributed by atoms with E-state index < -0.39 is 22.2 Å². The number of amides is 1. The number of fused-ring (bicyclic) bond motifs is 1. The van der Waals surface area contributed by atoms with Crippen LogP contribution in [-0.2, 0) is 24.3 Å². The molecule has 1 N–H and O–H groups in total. The summed E-state index contributed by atoms with van der Waals surface area (Å²) in [5.74, 6) is -0.175. The van der Waals surface area contributed by atoms with E-state index in [4.69, 9.17) is 18.6 Å². The number of hydrogen-bond acceptors (Lipinski definition) is 9. The summed E-state index contributed by atoms with van der Waals surface area (Å²) in [7, 11) is -2.45. The number of para-hydroxylation sites is 1. The minimum atomic E-state index is -3.95. The number of carbonyl (C=O) groups excluding carboxylic acids is 1. The van der Waals surface area contributed by atoms with Crippen LogP contribution in [0.3, 0.4) is 0 Å². The van der Waals surface area contributed by atoms with Crippen LogP contribution >= 0.6 is 0 Å². The van der Waals surface area contributed by atoms with Crippen molar-refractivity contribution in [3.63, 3.8) is 0 Å². The fraction of sp³-hybridized carbons (Fsp3) is 0.455. The fourth-order valence-electron chi connectivity index (χ4n) is 5.73. The minimum Gasteiger partial charge on any atom is -0.497 e. The Bertz CT molecular complexity index is 1640. The molecular weight excluding hydrogens is 600 g/mol. The van der Waals surface area contributed by atoms with Crippen LogP contribution < -0.4 is 10.2 Å². The quantitative estimate of drug-likeness (QED) is 0.330. The van der Waals surface area contributed by atoms with Gasteiger partial charge in [-0.3, -0.25) is 9.59 Å². The number of aliphatic hydroxyl groups is 1. The lowest BCUT2D eigenvalue weighted by Gasteiger charge is -2.32. The van der Waals surface area contributed by atoms with E-state index in [-0.39, 0.29) is 54.7 Å². The lowest BCUT2D eigenvalue weighted by Crippen LogP contribution is -2.40. The van der Waals surface area contributed by atoms with E-state index in [9.17, 15) is 23.1 Å². The maximum Gasteiger partial charge on any atom is 0.288 e. The van der Waals surface area contributed by atoms with Gasteiger partial charge >= 0.3 is 0 Å². The molecular formula is C33H40N2O9S. The maximum absolute atomic E-state index is 13.7. The molecule has 2 aromatic carbocycles. The van der Waals surface area contributed by atoms with Crippen LogP contribution in [-0.4, -0.2) is 81.4 Å². The zero-order chi connectivity index (χ0) is 31.8. The standard InChI is InChI=1S/C33H40N2O9S/c1-41-25-11-13-26(14-12-25)45(39,40)35(17-19-36)18-20-42-31-22-24(28-23-43-29-10-6-5-9-27(29)32(28)37)21-30(44-31)33(38)34-15-7-3-2-4-8-16-34/h5-6,9-14,21,23-24,31,36H,2-4,7-8,15-20,22H2,1H3. The van der Waals surface area contributed by atoms with E-state index in [1.165, 1.54) is 25.5 Å². The van der Waals surface area contributed by atoms with E-state index in [0.717, 1.165) is 36.4 Å². The van der Waals surface area contributed by atoms with Crippen molar-refractivity contribution < 1.29 is 36.9 Å². The molecule has 1 aromatic heterocycles. The number of sulfonamides is 1. The molecule has 1 amide bonds. The van der Waals surface area contributed by atoms with Crippen LogP contribution in [0.2, 0.25) is 0 Å². The number of benzene rings is 2. The third-order valence-corrected chi connectivity index (χ3v) is 10.1. The molecule has 242 valence electrons. The number of ether oxygens (including phenoxy) is 3. The average molecular weight is 641 g/mol. The van der Waals surface area contributed by atoms with Crippen LogP contribution in [0.1, 0.15) is 50.0 Å². The van der Waals surface area contributed by atoms with E-state index in [0.29, 0.717) is 35.4 Å². The Morgan fingerprint density at radius 1 is 1.02 bits per heavy atom. The van der Waals surface area contributed by atoms with Gasteiger partial charge in [0.2, 0.25) is 16.3 Å². The highest BCUT2D eigenvalue weighted by Crippen LogP contribution is 2.32. The summed E-state index contributed by atoms with van der Waals surface area (Å²) < 4.78 is 50.8. The number of allylic oxidation sites excluding steroid dienone is 1. The van der Waals surface area contributed by atoms with Gasteiger partial charge in [-0.05, 0) is 55.3 Å². The van der Waals surface area contributed by atoms with Gasteiger partial charge in [-0.1, -0.05) is 31.4 Å². The van der Waals surface area contributed by atoms with E-state index >= 15 is 0 Å². The monoisotopic (exact) mass is 640 g/mol. The zero-order valence-corrected chi connectivity index (χ0v) is 26.2. The predicted molar refractivity (Wildman–Crippen MR) is 167 cm³/mol. The van der Waals surface area contributed by atoms with Gasteiger partial charge in [-0.15, -0.1) is 0 Å². The summed E-state index contributed by atoms with van der Waals surface area (Å²) >= 11 is 0.